The maximum atomic E-state index is 2.42. The van der Waals surface area contributed by atoms with Crippen LogP contribution in [0, 0.1) is 0 Å². The second-order valence-electron chi connectivity index (χ2n) is 15.0. The molecule has 58 heavy (non-hydrogen) atoms. The Balaban J connectivity index is 1.09. The van der Waals surface area contributed by atoms with Gasteiger partial charge in [-0.15, -0.1) is 0 Å². The minimum atomic E-state index is 1.09. The van der Waals surface area contributed by atoms with E-state index in [0.29, 0.717) is 0 Å². The fourth-order valence-corrected chi connectivity index (χ4v) is 8.74. The van der Waals surface area contributed by atoms with Gasteiger partial charge in [-0.2, -0.15) is 0 Å². The molecule has 272 valence electrons. The van der Waals surface area contributed by atoms with Gasteiger partial charge in [0.25, 0.3) is 0 Å². The van der Waals surface area contributed by atoms with Gasteiger partial charge in [-0.25, -0.2) is 0 Å². The summed E-state index contributed by atoms with van der Waals surface area (Å²) in [7, 11) is 0. The van der Waals surface area contributed by atoms with Gasteiger partial charge in [-0.1, -0.05) is 158 Å². The predicted molar refractivity (Wildman–Crippen MR) is 247 cm³/mol. The Morgan fingerprint density at radius 3 is 1.57 bits per heavy atom. The fraction of sp³-hybridized carbons (Fsp3) is 0. The zero-order valence-corrected chi connectivity index (χ0v) is 31.8. The minimum absolute atomic E-state index is 1.09. The quantitative estimate of drug-likeness (QED) is 0.158. The topological polar surface area (TPSA) is 8.17 Å². The van der Waals surface area contributed by atoms with Crippen molar-refractivity contribution in [2.75, 3.05) is 4.90 Å². The maximum Gasteiger partial charge on any atom is 0.0547 e. The molecule has 1 heterocycles. The zero-order chi connectivity index (χ0) is 38.4. The SMILES string of the molecule is c1ccc(-c2cccc(N(c3ccc(-c4ccc5ccccc5c4)cc3)c3cccc(-c4cccc5c4c4cc6ccccc6cc4n5-c4ccccc4)c3)c2)cc1. The van der Waals surface area contributed by atoms with Crippen LogP contribution in [-0.4, -0.2) is 4.57 Å². The lowest BCUT2D eigenvalue weighted by atomic mass is 9.97. The molecule has 0 fully saturated rings. The monoisotopic (exact) mass is 738 g/mol. The third-order valence-corrected chi connectivity index (χ3v) is 11.5. The van der Waals surface area contributed by atoms with E-state index in [4.69, 9.17) is 0 Å². The molecule has 10 aromatic carbocycles. The molecule has 0 spiro atoms. The van der Waals surface area contributed by atoms with E-state index in [9.17, 15) is 0 Å². The average Bonchev–Trinajstić information content (AvgIpc) is 3.62. The van der Waals surface area contributed by atoms with Crippen LogP contribution in [0.1, 0.15) is 0 Å². The molecule has 11 aromatic rings. The Morgan fingerprint density at radius 2 is 0.828 bits per heavy atom. The predicted octanol–water partition coefficient (Wildman–Crippen LogP) is 15.6. The number of aromatic nitrogens is 1. The van der Waals surface area contributed by atoms with Crippen LogP contribution >= 0.6 is 0 Å². The van der Waals surface area contributed by atoms with Crippen molar-refractivity contribution in [3.63, 3.8) is 0 Å². The summed E-state index contributed by atoms with van der Waals surface area (Å²) >= 11 is 0. The largest absolute Gasteiger partial charge is 0.310 e. The first-order valence-corrected chi connectivity index (χ1v) is 19.9. The number of para-hydroxylation sites is 1. The Labute approximate surface area is 338 Å². The van der Waals surface area contributed by atoms with Crippen LogP contribution in [0.4, 0.5) is 17.1 Å². The van der Waals surface area contributed by atoms with E-state index >= 15 is 0 Å². The molecular formula is C56H38N2. The molecular weight excluding hydrogens is 701 g/mol. The summed E-state index contributed by atoms with van der Waals surface area (Å²) in [4.78, 5) is 2.39. The first-order valence-electron chi connectivity index (χ1n) is 19.9. The molecule has 0 aliphatic heterocycles. The molecule has 0 atom stereocenters. The molecule has 0 bridgehead atoms. The summed E-state index contributed by atoms with van der Waals surface area (Å²) in [6.07, 6.45) is 0. The smallest absolute Gasteiger partial charge is 0.0547 e. The molecule has 0 saturated heterocycles. The Kier molecular flexibility index (Phi) is 8.19. The highest BCUT2D eigenvalue weighted by atomic mass is 15.1. The standard InChI is InChI=1S/C56H38N2/c1-3-14-39(15-4-1)43-20-11-24-50(35-43)57(49-32-30-41(31-33-49)46-29-28-40-16-7-8-17-42(40)34-46)51-25-12-21-47(36-51)52-26-13-27-54-56(52)53-37-44-18-9-10-19-45(44)38-55(53)58(54)48-22-5-2-6-23-48/h1-38H. The van der Waals surface area contributed by atoms with Crippen molar-refractivity contribution in [1.82, 2.24) is 4.57 Å². The van der Waals surface area contributed by atoms with Crippen molar-refractivity contribution in [1.29, 1.82) is 0 Å². The summed E-state index contributed by atoms with van der Waals surface area (Å²) in [5, 5.41) is 7.47. The van der Waals surface area contributed by atoms with Crippen LogP contribution in [0.15, 0.2) is 231 Å². The van der Waals surface area contributed by atoms with Crippen molar-refractivity contribution < 1.29 is 0 Å². The van der Waals surface area contributed by atoms with E-state index < -0.39 is 0 Å². The van der Waals surface area contributed by atoms with Gasteiger partial charge in [0.2, 0.25) is 0 Å². The summed E-state index contributed by atoms with van der Waals surface area (Å²) in [5.74, 6) is 0. The molecule has 11 rings (SSSR count). The third kappa shape index (κ3) is 5.91. The molecule has 2 heteroatoms. The lowest BCUT2D eigenvalue weighted by Gasteiger charge is -2.27. The van der Waals surface area contributed by atoms with Gasteiger partial charge >= 0.3 is 0 Å². The first kappa shape index (κ1) is 33.6. The number of rotatable bonds is 7. The summed E-state index contributed by atoms with van der Waals surface area (Å²) in [6.45, 7) is 0. The van der Waals surface area contributed by atoms with Crippen molar-refractivity contribution in [2.24, 2.45) is 0 Å². The molecule has 2 nitrogen and oxygen atoms in total. The molecule has 0 saturated carbocycles. The van der Waals surface area contributed by atoms with E-state index in [0.717, 1.165) is 22.7 Å². The molecule has 0 radical (unpaired) electrons. The molecule has 1 aromatic heterocycles. The average molecular weight is 739 g/mol. The van der Waals surface area contributed by atoms with Gasteiger partial charge in [0.15, 0.2) is 0 Å². The lowest BCUT2D eigenvalue weighted by molar-refractivity contribution is 1.18. The van der Waals surface area contributed by atoms with Gasteiger partial charge in [0, 0.05) is 33.5 Å². The normalized spacial score (nSPS) is 11.4. The summed E-state index contributed by atoms with van der Waals surface area (Å²) in [6, 6.07) is 83.7. The molecule has 0 unspecified atom stereocenters. The van der Waals surface area contributed by atoms with E-state index in [1.54, 1.807) is 0 Å². The van der Waals surface area contributed by atoms with Gasteiger partial charge in [-0.3, -0.25) is 0 Å². The lowest BCUT2D eigenvalue weighted by Crippen LogP contribution is -2.10. The van der Waals surface area contributed by atoms with Crippen LogP contribution < -0.4 is 4.90 Å². The second-order valence-corrected chi connectivity index (χ2v) is 15.0. The second kappa shape index (κ2) is 14.1. The first-order chi connectivity index (χ1) is 28.7. The number of nitrogens with zero attached hydrogens (tertiary/aromatic N) is 2. The molecule has 0 amide bonds. The highest BCUT2D eigenvalue weighted by Gasteiger charge is 2.19. The maximum absolute atomic E-state index is 2.42. The molecule has 0 N–H and O–H groups in total. The van der Waals surface area contributed by atoms with Crippen LogP contribution in [0.2, 0.25) is 0 Å². The van der Waals surface area contributed by atoms with Gasteiger partial charge < -0.3 is 9.47 Å². The third-order valence-electron chi connectivity index (χ3n) is 11.5. The minimum Gasteiger partial charge on any atom is -0.310 e. The summed E-state index contributed by atoms with van der Waals surface area (Å²) in [5.41, 5.74) is 14.0. The van der Waals surface area contributed by atoms with Crippen LogP contribution in [0.5, 0.6) is 0 Å². The van der Waals surface area contributed by atoms with E-state index in [-0.39, 0.29) is 0 Å². The Morgan fingerprint density at radius 1 is 0.293 bits per heavy atom. The van der Waals surface area contributed by atoms with E-state index in [1.807, 2.05) is 0 Å². The van der Waals surface area contributed by atoms with Crippen molar-refractivity contribution in [2.45, 2.75) is 0 Å². The molecule has 0 aliphatic carbocycles. The van der Waals surface area contributed by atoms with E-state index in [1.165, 1.54) is 76.7 Å². The Hall–Kier alpha value is -7.68. The van der Waals surface area contributed by atoms with Crippen LogP contribution in [0.25, 0.3) is 82.4 Å². The number of hydrogen-bond donors (Lipinski definition) is 0. The van der Waals surface area contributed by atoms with Crippen LogP contribution in [0.3, 0.4) is 0 Å². The Bertz CT molecular complexity index is 3270. The number of anilines is 3. The number of benzene rings is 10. The van der Waals surface area contributed by atoms with Crippen molar-refractivity contribution >= 4 is 60.4 Å². The van der Waals surface area contributed by atoms with Gasteiger partial charge in [0.05, 0.1) is 11.0 Å². The number of hydrogen-bond acceptors (Lipinski definition) is 1. The zero-order valence-electron chi connectivity index (χ0n) is 31.8. The molecule has 0 aliphatic rings. The highest BCUT2D eigenvalue weighted by molar-refractivity contribution is 6.18. The van der Waals surface area contributed by atoms with Gasteiger partial charge in [0.1, 0.15) is 0 Å². The highest BCUT2D eigenvalue weighted by Crippen LogP contribution is 2.43. The summed E-state index contributed by atoms with van der Waals surface area (Å²) < 4.78 is 2.42. The van der Waals surface area contributed by atoms with Gasteiger partial charge in [-0.05, 0) is 128 Å². The van der Waals surface area contributed by atoms with Crippen molar-refractivity contribution in [3.8, 4) is 39.1 Å². The fourth-order valence-electron chi connectivity index (χ4n) is 8.74. The van der Waals surface area contributed by atoms with E-state index in [2.05, 4.69) is 240 Å². The number of fused-ring (bicyclic) bond motifs is 5. The van der Waals surface area contributed by atoms with Crippen LogP contribution in [-0.2, 0) is 0 Å². The van der Waals surface area contributed by atoms with Crippen molar-refractivity contribution in [3.05, 3.63) is 231 Å².